The molecule has 0 aromatic heterocycles. The van der Waals surface area contributed by atoms with Crippen LogP contribution in [0.2, 0.25) is 0 Å². The number of alkyl halides is 58. The van der Waals surface area contributed by atoms with Crippen molar-refractivity contribution in [3.8, 4) is 0 Å². The zero-order valence-electron chi connectivity index (χ0n) is 44.1. The summed E-state index contributed by atoms with van der Waals surface area (Å²) in [5, 5.41) is 0. The molecule has 100 heavy (non-hydrogen) atoms. The third-order valence-electron chi connectivity index (χ3n) is 11.5. The van der Waals surface area contributed by atoms with Crippen LogP contribution in [-0.2, 0) is 18.2 Å². The van der Waals surface area contributed by atoms with Crippen molar-refractivity contribution >= 4 is 16.5 Å². The van der Waals surface area contributed by atoms with Gasteiger partial charge >= 0.3 is 183 Å². The van der Waals surface area contributed by atoms with Gasteiger partial charge in [-0.1, -0.05) is 0 Å². The molecule has 8 N–H and O–H groups in total. The molecule has 0 aliphatic carbocycles. The van der Waals surface area contributed by atoms with Gasteiger partial charge in [0, 0.05) is 12.8 Å². The van der Waals surface area contributed by atoms with Gasteiger partial charge in [0.2, 0.25) is 0 Å². The Labute approximate surface area is 505 Å². The Morgan fingerprint density at radius 1 is 0.180 bits per heavy atom. The van der Waals surface area contributed by atoms with E-state index in [0.717, 1.165) is 0 Å². The third kappa shape index (κ3) is 13.6. The van der Waals surface area contributed by atoms with Gasteiger partial charge in [-0.25, -0.2) is 0 Å². The molecule has 0 aromatic carbocycles. The number of hydrogen-bond donors (Lipinski definition) is 2. The number of hydrogen-bond acceptors (Lipinski definition) is 6. The molecule has 0 amide bonds. The van der Waals surface area contributed by atoms with E-state index in [2.05, 4.69) is 9.05 Å². The van der Waals surface area contributed by atoms with Crippen LogP contribution in [0.3, 0.4) is 0 Å². The molecular formula is C32H16F58N2O6P2+2. The van der Waals surface area contributed by atoms with E-state index in [0.29, 0.717) is 0 Å². The summed E-state index contributed by atoms with van der Waals surface area (Å²) < 4.78 is 802. The zero-order valence-corrected chi connectivity index (χ0v) is 45.9. The summed E-state index contributed by atoms with van der Waals surface area (Å²) in [6.07, 6.45) is -23.4. The van der Waals surface area contributed by atoms with Crippen LogP contribution in [-0.4, -0.2) is 180 Å². The van der Waals surface area contributed by atoms with E-state index >= 15 is 0 Å². The Morgan fingerprint density at radius 3 is 0.360 bits per heavy atom. The average molecular weight is 1690 g/mol. The van der Waals surface area contributed by atoms with Crippen LogP contribution in [0.15, 0.2) is 0 Å². The third-order valence-corrected chi connectivity index (χ3v) is 12.3. The number of halogens is 58. The molecular weight excluding hydrogens is 1670 g/mol. The first-order valence-corrected chi connectivity index (χ1v) is 23.0. The van der Waals surface area contributed by atoms with Crippen molar-refractivity contribution in [2.24, 2.45) is 0 Å². The van der Waals surface area contributed by atoms with Gasteiger partial charge in [-0.15, -0.1) is 9.05 Å². The maximum Gasteiger partial charge on any atom is 0.488 e. The Hall–Kier alpha value is -4.10. The van der Waals surface area contributed by atoms with Gasteiger partial charge in [-0.3, -0.25) is 0 Å². The first kappa shape index (κ1) is 102. The second kappa shape index (κ2) is 27.0. The molecule has 2 atom stereocenters. The van der Waals surface area contributed by atoms with Crippen molar-refractivity contribution in [3.05, 3.63) is 0 Å². The van der Waals surface area contributed by atoms with Gasteiger partial charge in [-0.05, 0) is 9.13 Å². The summed E-state index contributed by atoms with van der Waals surface area (Å²) in [5.74, 6) is -242. The van der Waals surface area contributed by atoms with Crippen molar-refractivity contribution in [2.45, 2.75) is 179 Å². The molecule has 0 radical (unpaired) electrons. The van der Waals surface area contributed by atoms with Crippen LogP contribution in [0.1, 0.15) is 12.8 Å². The molecule has 2 unspecified atom stereocenters. The van der Waals surface area contributed by atoms with Crippen molar-refractivity contribution in [3.63, 3.8) is 0 Å². The molecule has 0 fully saturated rings. The molecule has 68 heteroatoms. The average Bonchev–Trinajstić information content (AvgIpc) is 0.686. The smallest absolute Gasteiger partial charge is 0.488 e. The lowest BCUT2D eigenvalue weighted by atomic mass is 9.83. The first-order chi connectivity index (χ1) is 41.3. The standard InChI is InChI=1S/2C16H4F29O3P.2H3N/c2*17-3(18,1-2-48-49(46)47)4(19,20)5(21,22)6(23,24)7(25,26)8(27,28)9(29,30)10(31,32)11(33,34)12(35,36)13(37,38)14(39,40)15(41,42)16(43,44)45;;/h2*1-2H2;2*1H3/p+2. The Kier molecular flexibility index (Phi) is 27.7. The second-order valence-corrected chi connectivity index (χ2v) is 19.2. The Morgan fingerprint density at radius 2 is 0.270 bits per heavy atom. The van der Waals surface area contributed by atoms with Crippen LogP contribution in [0, 0.1) is 0 Å². The molecule has 0 saturated carbocycles. The van der Waals surface area contributed by atoms with Crippen LogP contribution >= 0.6 is 16.5 Å². The highest BCUT2D eigenvalue weighted by molar-refractivity contribution is 7.30. The van der Waals surface area contributed by atoms with E-state index < -0.39 is 209 Å². The van der Waals surface area contributed by atoms with E-state index in [1.807, 2.05) is 0 Å². The fraction of sp³-hybridized carbons (Fsp3) is 1.00. The largest absolute Gasteiger partial charge is 0.566 e. The lowest BCUT2D eigenvalue weighted by Gasteiger charge is -2.46. The second-order valence-electron chi connectivity index (χ2n) is 17.8. The molecule has 8 nitrogen and oxygen atoms in total. The SMILES string of the molecule is O=[P+]([O-])OCCC(F)(F)C(F)(F)C(F)(F)C(F)(F)C(F)(F)C(F)(F)C(F)(F)C(F)(F)C(F)(F)C(F)(F)C(F)(F)C(F)(F)C(F)(F)C(F)(F)F.O=[P+]([O-])OCCC(F)(F)C(F)(F)C(F)(F)C(F)(F)C(F)(F)C(F)(F)C(F)(F)C(F)(F)C(F)(F)C(F)(F)C(F)(F)C(F)(F)C(F)(F)C(F)(F)F.[NH4+].[NH4+]. The van der Waals surface area contributed by atoms with E-state index in [-0.39, 0.29) is 12.3 Å². The Balaban J connectivity index is -0.000000904. The highest BCUT2D eigenvalue weighted by atomic mass is 31.1. The van der Waals surface area contributed by atoms with Crippen molar-refractivity contribution < 1.29 is 283 Å². The molecule has 0 aromatic rings. The van der Waals surface area contributed by atoms with E-state index in [1.165, 1.54) is 0 Å². The molecule has 0 saturated heterocycles. The molecule has 0 bridgehead atoms. The number of quaternary nitrogens is 2. The monoisotopic (exact) mass is 1690 g/mol. The highest BCUT2D eigenvalue weighted by Crippen LogP contribution is 2.72. The van der Waals surface area contributed by atoms with Crippen LogP contribution < -0.4 is 22.1 Å². The zero-order chi connectivity index (χ0) is 81.4. The molecule has 0 aliphatic rings. The van der Waals surface area contributed by atoms with Gasteiger partial charge in [0.25, 0.3) is 0 Å². The van der Waals surface area contributed by atoms with Crippen molar-refractivity contribution in [2.75, 3.05) is 13.2 Å². The molecule has 0 rings (SSSR count). The normalized spacial score (nSPS) is 16.7. The summed E-state index contributed by atoms with van der Waals surface area (Å²) in [6.45, 7) is -5.05. The molecule has 0 spiro atoms. The quantitative estimate of drug-likeness (QED) is 0.0501. The van der Waals surface area contributed by atoms with Gasteiger partial charge in [-0.2, -0.15) is 255 Å². The van der Waals surface area contributed by atoms with E-state index in [4.69, 9.17) is 0 Å². The first-order valence-electron chi connectivity index (χ1n) is 20.8. The summed E-state index contributed by atoms with van der Waals surface area (Å²) >= 11 is 0. The minimum atomic E-state index is -9.98. The van der Waals surface area contributed by atoms with Crippen LogP contribution in [0.5, 0.6) is 0 Å². The summed E-state index contributed by atoms with van der Waals surface area (Å²) in [6, 6.07) is 0. The van der Waals surface area contributed by atoms with Gasteiger partial charge in [0.15, 0.2) is 0 Å². The van der Waals surface area contributed by atoms with Crippen molar-refractivity contribution in [1.29, 1.82) is 0 Å². The maximum absolute atomic E-state index is 13.8. The predicted molar refractivity (Wildman–Crippen MR) is 189 cm³/mol. The summed E-state index contributed by atoms with van der Waals surface area (Å²) in [4.78, 5) is 19.9. The molecule has 0 aliphatic heterocycles. The lowest BCUT2D eigenvalue weighted by Crippen LogP contribution is -2.79. The minimum Gasteiger partial charge on any atom is -0.566 e. The topological polar surface area (TPSA) is 172 Å². The summed E-state index contributed by atoms with van der Waals surface area (Å²) in [5.41, 5.74) is 0. The number of rotatable bonds is 32. The molecule has 0 heterocycles. The maximum atomic E-state index is 13.8. The van der Waals surface area contributed by atoms with Crippen LogP contribution in [0.4, 0.5) is 255 Å². The van der Waals surface area contributed by atoms with Gasteiger partial charge in [0.05, 0.1) is 0 Å². The van der Waals surface area contributed by atoms with E-state index in [9.17, 15) is 274 Å². The molecule has 604 valence electrons. The Bertz CT molecular complexity index is 2630. The van der Waals surface area contributed by atoms with Gasteiger partial charge in [0.1, 0.15) is 13.2 Å². The lowest BCUT2D eigenvalue weighted by molar-refractivity contribution is -0.487. The van der Waals surface area contributed by atoms with Gasteiger partial charge < -0.3 is 22.1 Å². The van der Waals surface area contributed by atoms with Crippen molar-refractivity contribution in [1.82, 2.24) is 12.3 Å². The summed E-state index contributed by atoms with van der Waals surface area (Å²) in [7, 11) is -8.84. The fourth-order valence-electron chi connectivity index (χ4n) is 5.57. The van der Waals surface area contributed by atoms with E-state index in [1.54, 1.807) is 0 Å². The minimum absolute atomic E-state index is 0. The van der Waals surface area contributed by atoms with Crippen LogP contribution in [0.25, 0.3) is 0 Å². The highest BCUT2D eigenvalue weighted by Gasteiger charge is 3.03. The fourth-order valence-corrected chi connectivity index (χ4v) is 6.05. The predicted octanol–water partition coefficient (Wildman–Crippen LogP) is 19.2.